The molecule has 0 saturated carbocycles. The number of hydrogen-bond acceptors (Lipinski definition) is 5. The van der Waals surface area contributed by atoms with Crippen LogP contribution in [-0.4, -0.2) is 18.7 Å². The highest BCUT2D eigenvalue weighted by atomic mass is 16.7. The molecule has 0 aliphatic heterocycles. The Labute approximate surface area is 128 Å². The van der Waals surface area contributed by atoms with E-state index in [4.69, 9.17) is 13.9 Å². The van der Waals surface area contributed by atoms with Crippen LogP contribution in [0.1, 0.15) is 17.1 Å². The number of hydrogen-bond donors (Lipinski definition) is 0. The molecule has 0 fully saturated rings. The third-order valence-electron chi connectivity index (χ3n) is 2.83. The van der Waals surface area contributed by atoms with Crippen molar-refractivity contribution in [2.45, 2.75) is 12.8 Å². The van der Waals surface area contributed by atoms with Crippen LogP contribution in [0.5, 0.6) is 0 Å². The first-order chi connectivity index (χ1) is 10.7. The lowest BCUT2D eigenvalue weighted by Gasteiger charge is -2.05. The molecule has 0 amide bonds. The van der Waals surface area contributed by atoms with Crippen LogP contribution in [0.3, 0.4) is 0 Å². The Kier molecular flexibility index (Phi) is 5.54. The van der Waals surface area contributed by atoms with Crippen molar-refractivity contribution in [3.63, 3.8) is 0 Å². The zero-order chi connectivity index (χ0) is 15.8. The van der Waals surface area contributed by atoms with Crippen LogP contribution in [0.25, 0.3) is 6.08 Å². The van der Waals surface area contributed by atoms with Crippen LogP contribution in [0.15, 0.2) is 53.5 Å². The summed E-state index contributed by atoms with van der Waals surface area (Å²) >= 11 is 0. The maximum Gasteiger partial charge on any atom is 0.316 e. The first kappa shape index (κ1) is 15.6. The summed E-state index contributed by atoms with van der Waals surface area (Å²) in [4.78, 5) is 23.1. The van der Waals surface area contributed by atoms with Crippen molar-refractivity contribution in [2.75, 3.05) is 6.79 Å². The average Bonchev–Trinajstić information content (AvgIpc) is 2.95. The Morgan fingerprint density at radius 2 is 1.68 bits per heavy atom. The van der Waals surface area contributed by atoms with Gasteiger partial charge in [0, 0.05) is 0 Å². The van der Waals surface area contributed by atoms with Crippen LogP contribution >= 0.6 is 0 Å². The minimum atomic E-state index is -0.530. The Morgan fingerprint density at radius 1 is 1.00 bits per heavy atom. The van der Waals surface area contributed by atoms with E-state index in [1.807, 2.05) is 30.3 Å². The molecule has 2 aromatic rings. The largest absolute Gasteiger partial charge is 0.461 e. The summed E-state index contributed by atoms with van der Waals surface area (Å²) in [6, 6.07) is 12.5. The lowest BCUT2D eigenvalue weighted by molar-refractivity contribution is -0.166. The molecule has 0 radical (unpaired) electrons. The second kappa shape index (κ2) is 7.83. The molecule has 1 aromatic heterocycles. The number of esters is 2. The quantitative estimate of drug-likeness (QED) is 0.581. The van der Waals surface area contributed by atoms with Gasteiger partial charge in [0.2, 0.25) is 6.79 Å². The van der Waals surface area contributed by atoms with Crippen LogP contribution < -0.4 is 0 Å². The first-order valence-corrected chi connectivity index (χ1v) is 6.73. The third-order valence-corrected chi connectivity index (χ3v) is 2.83. The average molecular weight is 300 g/mol. The standard InChI is InChI=1S/C17H16O5/c1-2-14-8-9-15(22-14)11-17(19)21-12-20-16(18)10-13-6-4-3-5-7-13/h2-9H,1,10-12H2. The molecule has 0 bridgehead atoms. The van der Waals surface area contributed by atoms with Crippen molar-refractivity contribution < 1.29 is 23.5 Å². The topological polar surface area (TPSA) is 65.7 Å². The number of benzene rings is 1. The number of carbonyl (C=O) groups is 2. The Bertz CT molecular complexity index is 642. The Balaban J connectivity index is 1.68. The minimum Gasteiger partial charge on any atom is -0.461 e. The molecule has 0 unspecified atom stereocenters. The molecule has 0 spiro atoms. The highest BCUT2D eigenvalue weighted by Gasteiger charge is 2.10. The summed E-state index contributed by atoms with van der Waals surface area (Å²) in [7, 11) is 0. The van der Waals surface area contributed by atoms with Gasteiger partial charge in [-0.2, -0.15) is 0 Å². The van der Waals surface area contributed by atoms with Gasteiger partial charge in [-0.3, -0.25) is 9.59 Å². The van der Waals surface area contributed by atoms with E-state index in [9.17, 15) is 9.59 Å². The van der Waals surface area contributed by atoms with Crippen LogP contribution in [0.4, 0.5) is 0 Å². The highest BCUT2D eigenvalue weighted by Crippen LogP contribution is 2.10. The van der Waals surface area contributed by atoms with Gasteiger partial charge >= 0.3 is 11.9 Å². The second-order valence-corrected chi connectivity index (χ2v) is 4.50. The minimum absolute atomic E-state index is 0.0237. The molecule has 5 heteroatoms. The smallest absolute Gasteiger partial charge is 0.316 e. The number of ether oxygens (including phenoxy) is 2. The van der Waals surface area contributed by atoms with E-state index in [1.54, 1.807) is 18.2 Å². The zero-order valence-corrected chi connectivity index (χ0v) is 12.0. The van der Waals surface area contributed by atoms with E-state index in [-0.39, 0.29) is 12.8 Å². The molecule has 1 aromatic carbocycles. The molecule has 0 aliphatic rings. The van der Waals surface area contributed by atoms with E-state index >= 15 is 0 Å². The van der Waals surface area contributed by atoms with Crippen molar-refractivity contribution in [3.05, 3.63) is 66.1 Å². The van der Waals surface area contributed by atoms with Crippen molar-refractivity contribution in [1.82, 2.24) is 0 Å². The highest BCUT2D eigenvalue weighted by molar-refractivity contribution is 5.73. The van der Waals surface area contributed by atoms with Gasteiger partial charge in [-0.15, -0.1) is 0 Å². The third kappa shape index (κ3) is 4.94. The number of carbonyl (C=O) groups excluding carboxylic acids is 2. The predicted octanol–water partition coefficient (Wildman–Crippen LogP) is 2.75. The van der Waals surface area contributed by atoms with Crippen molar-refractivity contribution in [2.24, 2.45) is 0 Å². The fraction of sp³-hybridized carbons (Fsp3) is 0.176. The summed E-state index contributed by atoms with van der Waals surface area (Å²) in [6.07, 6.45) is 1.66. The SMILES string of the molecule is C=Cc1ccc(CC(=O)OCOC(=O)Cc2ccccc2)o1. The molecule has 22 heavy (non-hydrogen) atoms. The van der Waals surface area contributed by atoms with Crippen molar-refractivity contribution >= 4 is 18.0 Å². The van der Waals surface area contributed by atoms with E-state index in [0.29, 0.717) is 11.5 Å². The van der Waals surface area contributed by atoms with Crippen LogP contribution in [0, 0.1) is 0 Å². The molecular weight excluding hydrogens is 284 g/mol. The van der Waals surface area contributed by atoms with Gasteiger partial charge in [-0.25, -0.2) is 0 Å². The molecule has 0 atom stereocenters. The van der Waals surface area contributed by atoms with Gasteiger partial charge in [0.25, 0.3) is 0 Å². The fourth-order valence-electron chi connectivity index (χ4n) is 1.77. The molecule has 114 valence electrons. The van der Waals surface area contributed by atoms with E-state index in [0.717, 1.165) is 5.56 Å². The van der Waals surface area contributed by atoms with E-state index in [1.165, 1.54) is 0 Å². The van der Waals surface area contributed by atoms with Gasteiger partial charge in [0.1, 0.15) is 17.9 Å². The second-order valence-electron chi connectivity index (χ2n) is 4.50. The molecule has 0 aliphatic carbocycles. The maximum atomic E-state index is 11.6. The monoisotopic (exact) mass is 300 g/mol. The van der Waals surface area contributed by atoms with Gasteiger partial charge in [-0.05, 0) is 23.8 Å². The van der Waals surface area contributed by atoms with E-state index in [2.05, 4.69) is 6.58 Å². The van der Waals surface area contributed by atoms with Crippen LogP contribution in [0.2, 0.25) is 0 Å². The molecule has 5 nitrogen and oxygen atoms in total. The summed E-state index contributed by atoms with van der Waals surface area (Å²) in [5, 5.41) is 0. The first-order valence-electron chi connectivity index (χ1n) is 6.73. The van der Waals surface area contributed by atoms with Crippen LogP contribution in [-0.2, 0) is 31.9 Å². The van der Waals surface area contributed by atoms with Gasteiger partial charge < -0.3 is 13.9 Å². The summed E-state index contributed by atoms with van der Waals surface area (Å²) < 4.78 is 15.0. The zero-order valence-electron chi connectivity index (χ0n) is 12.0. The summed E-state index contributed by atoms with van der Waals surface area (Å²) in [5.41, 5.74) is 0.839. The molecular formula is C17H16O5. The van der Waals surface area contributed by atoms with Crippen molar-refractivity contribution in [3.8, 4) is 0 Å². The number of rotatable bonds is 7. The number of furan rings is 1. The predicted molar refractivity (Wildman–Crippen MR) is 79.7 cm³/mol. The lowest BCUT2D eigenvalue weighted by atomic mass is 10.2. The normalized spacial score (nSPS) is 10.0. The van der Waals surface area contributed by atoms with E-state index < -0.39 is 18.7 Å². The molecule has 2 rings (SSSR count). The summed E-state index contributed by atoms with van der Waals surface area (Å²) in [6.45, 7) is 3.16. The molecule has 0 saturated heterocycles. The Hall–Kier alpha value is -2.82. The Morgan fingerprint density at radius 3 is 2.32 bits per heavy atom. The fourth-order valence-corrected chi connectivity index (χ4v) is 1.77. The lowest BCUT2D eigenvalue weighted by Crippen LogP contribution is -2.15. The maximum absolute atomic E-state index is 11.6. The van der Waals surface area contributed by atoms with Crippen molar-refractivity contribution in [1.29, 1.82) is 0 Å². The molecule has 0 N–H and O–H groups in total. The molecule has 1 heterocycles. The van der Waals surface area contributed by atoms with Gasteiger partial charge in [0.05, 0.1) is 6.42 Å². The summed E-state index contributed by atoms with van der Waals surface area (Å²) in [5.74, 6) is 0.0658. The van der Waals surface area contributed by atoms with Gasteiger partial charge in [-0.1, -0.05) is 36.9 Å². The van der Waals surface area contributed by atoms with Gasteiger partial charge in [0.15, 0.2) is 0 Å².